The molecule has 10 nitrogen and oxygen atoms in total. The molecule has 4 heterocycles. The van der Waals surface area contributed by atoms with Crippen LogP contribution in [-0.2, 0) is 16.1 Å². The maximum absolute atomic E-state index is 14.5. The molecule has 2 unspecified atom stereocenters. The van der Waals surface area contributed by atoms with E-state index in [0.717, 1.165) is 22.0 Å². The number of fused-ring (bicyclic) bond motifs is 2. The van der Waals surface area contributed by atoms with Gasteiger partial charge >= 0.3 is 0 Å². The fraction of sp³-hybridized carbons (Fsp3) is 0.214. The normalized spacial score (nSPS) is 17.1. The van der Waals surface area contributed by atoms with Crippen LogP contribution in [0.15, 0.2) is 67.3 Å². The number of carbonyl (C=O) groups excluding carboxylic acids is 3. The zero-order valence-corrected chi connectivity index (χ0v) is 21.0. The van der Waals surface area contributed by atoms with Crippen molar-refractivity contribution >= 4 is 45.1 Å². The van der Waals surface area contributed by atoms with Gasteiger partial charge in [0.05, 0.1) is 30.7 Å². The van der Waals surface area contributed by atoms with Crippen LogP contribution in [0.1, 0.15) is 23.7 Å². The molecule has 0 saturated carbocycles. The molecule has 1 aliphatic heterocycles. The highest BCUT2D eigenvalue weighted by Crippen LogP contribution is 2.29. The highest BCUT2D eigenvalue weighted by atomic mass is 19.1. The fourth-order valence-corrected chi connectivity index (χ4v) is 5.14. The quantitative estimate of drug-likeness (QED) is 0.325. The first-order valence-electron chi connectivity index (χ1n) is 12.5. The molecule has 0 bridgehead atoms. The van der Waals surface area contributed by atoms with Gasteiger partial charge in [0.1, 0.15) is 18.8 Å². The minimum absolute atomic E-state index is 0.0850. The second kappa shape index (κ2) is 9.75. The van der Waals surface area contributed by atoms with E-state index in [2.05, 4.69) is 25.7 Å². The van der Waals surface area contributed by atoms with Crippen molar-refractivity contribution in [3.63, 3.8) is 0 Å². The van der Waals surface area contributed by atoms with Crippen molar-refractivity contribution < 1.29 is 18.8 Å². The summed E-state index contributed by atoms with van der Waals surface area (Å²) in [6.07, 6.45) is 5.13. The van der Waals surface area contributed by atoms with Crippen LogP contribution in [0.25, 0.3) is 32.9 Å². The second-order valence-corrected chi connectivity index (χ2v) is 9.65. The molecule has 2 atom stereocenters. The van der Waals surface area contributed by atoms with Crippen LogP contribution in [-0.4, -0.2) is 66.2 Å². The van der Waals surface area contributed by atoms with Crippen molar-refractivity contribution in [1.29, 1.82) is 0 Å². The van der Waals surface area contributed by atoms with E-state index in [1.165, 1.54) is 11.8 Å². The lowest BCUT2D eigenvalue weighted by Gasteiger charge is -2.24. The van der Waals surface area contributed by atoms with Gasteiger partial charge in [0.15, 0.2) is 5.78 Å². The number of alkyl halides is 1. The number of nitrogens with one attached hydrogen (secondary N) is 2. The number of Topliss-reactive ketones (excluding diaryl/α,β-unsaturated/α-hetero) is 1. The summed E-state index contributed by atoms with van der Waals surface area (Å²) >= 11 is 0. The Morgan fingerprint density at radius 1 is 1.08 bits per heavy atom. The van der Waals surface area contributed by atoms with Crippen molar-refractivity contribution in [3.05, 3.63) is 72.8 Å². The standard InChI is InChI=1S/C28H24FN7O3/c1-16(37)23-14-35(25-5-3-17(8-22(23)25)18-6-7-30-31-11-18)15-27(38)36-13-20(29)9-26(36)28(39)33-21-4-2-19-12-32-34-24(19)10-21/h2-8,10-12,14,20,26H,9,13,15H2,1H3,(H,32,34)(H,33,39). The average Bonchev–Trinajstić information content (AvgIpc) is 3.65. The van der Waals surface area contributed by atoms with Crippen molar-refractivity contribution in [2.75, 3.05) is 11.9 Å². The molecule has 1 aliphatic rings. The number of nitrogens with zero attached hydrogens (tertiary/aromatic N) is 5. The topological polar surface area (TPSA) is 126 Å². The molecule has 3 aromatic heterocycles. The number of halogens is 1. The average molecular weight is 526 g/mol. The van der Waals surface area contributed by atoms with E-state index in [0.29, 0.717) is 22.2 Å². The number of rotatable bonds is 6. The third-order valence-corrected chi connectivity index (χ3v) is 7.07. The summed E-state index contributed by atoms with van der Waals surface area (Å²) in [5.74, 6) is -1.01. The summed E-state index contributed by atoms with van der Waals surface area (Å²) in [7, 11) is 0. The van der Waals surface area contributed by atoms with Gasteiger partial charge in [0, 0.05) is 45.7 Å². The molecule has 1 fully saturated rings. The van der Waals surface area contributed by atoms with Crippen LogP contribution in [0, 0.1) is 0 Å². The first-order valence-corrected chi connectivity index (χ1v) is 12.5. The van der Waals surface area contributed by atoms with Crippen LogP contribution in [0.2, 0.25) is 0 Å². The first kappa shape index (κ1) is 24.4. The molecule has 2 aromatic carbocycles. The lowest BCUT2D eigenvalue weighted by Crippen LogP contribution is -2.44. The van der Waals surface area contributed by atoms with E-state index >= 15 is 0 Å². The number of hydrogen-bond donors (Lipinski definition) is 2. The Balaban J connectivity index is 1.25. The molecule has 5 aromatic rings. The van der Waals surface area contributed by atoms with Crippen molar-refractivity contribution in [2.45, 2.75) is 32.1 Å². The van der Waals surface area contributed by atoms with Crippen LogP contribution in [0.5, 0.6) is 0 Å². The third-order valence-electron chi connectivity index (χ3n) is 7.07. The molecule has 0 spiro atoms. The SMILES string of the molecule is CC(=O)c1cn(CC(=O)N2CC(F)CC2C(=O)Nc2ccc3cn[nH]c3c2)c2ccc(-c3ccnnc3)cc12. The number of likely N-dealkylation sites (tertiary alicyclic amines) is 1. The van der Waals surface area contributed by atoms with Gasteiger partial charge in [0.2, 0.25) is 11.8 Å². The molecule has 0 aliphatic carbocycles. The number of anilines is 1. The lowest BCUT2D eigenvalue weighted by atomic mass is 10.0. The molecule has 196 valence electrons. The zero-order valence-electron chi connectivity index (χ0n) is 21.0. The number of carbonyl (C=O) groups is 3. The van der Waals surface area contributed by atoms with Gasteiger partial charge in [-0.05, 0) is 48.9 Å². The maximum atomic E-state index is 14.5. The van der Waals surface area contributed by atoms with Crippen molar-refractivity contribution in [3.8, 4) is 11.1 Å². The van der Waals surface area contributed by atoms with Gasteiger partial charge in [-0.1, -0.05) is 6.07 Å². The van der Waals surface area contributed by atoms with Gasteiger partial charge in [-0.15, -0.1) is 0 Å². The number of aromatic amines is 1. The number of ketones is 1. The minimum atomic E-state index is -1.31. The molecule has 6 rings (SSSR count). The highest BCUT2D eigenvalue weighted by molar-refractivity contribution is 6.08. The molecule has 2 amide bonds. The first-order chi connectivity index (χ1) is 18.9. The summed E-state index contributed by atoms with van der Waals surface area (Å²) in [5.41, 5.74) is 4.12. The fourth-order valence-electron chi connectivity index (χ4n) is 5.14. The van der Waals surface area contributed by atoms with Crippen LogP contribution >= 0.6 is 0 Å². The summed E-state index contributed by atoms with van der Waals surface area (Å²) in [5, 5.41) is 18.9. The second-order valence-electron chi connectivity index (χ2n) is 9.65. The Hall–Kier alpha value is -4.93. The predicted octanol–water partition coefficient (Wildman–Crippen LogP) is 3.75. The van der Waals surface area contributed by atoms with Gasteiger partial charge in [-0.25, -0.2) is 4.39 Å². The summed E-state index contributed by atoms with van der Waals surface area (Å²) < 4.78 is 16.2. The Labute approximate surface area is 221 Å². The Bertz CT molecular complexity index is 1730. The van der Waals surface area contributed by atoms with E-state index in [1.54, 1.807) is 41.5 Å². The largest absolute Gasteiger partial charge is 0.337 e. The third kappa shape index (κ3) is 4.63. The Morgan fingerprint density at radius 3 is 2.74 bits per heavy atom. The van der Waals surface area contributed by atoms with Gasteiger partial charge in [-0.2, -0.15) is 15.3 Å². The smallest absolute Gasteiger partial charge is 0.247 e. The summed E-state index contributed by atoms with van der Waals surface area (Å²) in [6.45, 7) is 1.15. The van der Waals surface area contributed by atoms with E-state index in [1.807, 2.05) is 30.3 Å². The van der Waals surface area contributed by atoms with E-state index < -0.39 is 24.0 Å². The minimum Gasteiger partial charge on any atom is -0.337 e. The number of benzene rings is 2. The highest BCUT2D eigenvalue weighted by Gasteiger charge is 2.40. The van der Waals surface area contributed by atoms with Crippen LogP contribution in [0.3, 0.4) is 0 Å². The number of aromatic nitrogens is 5. The van der Waals surface area contributed by atoms with Gasteiger partial charge in [0.25, 0.3) is 0 Å². The van der Waals surface area contributed by atoms with E-state index in [4.69, 9.17) is 0 Å². The number of H-pyrrole nitrogens is 1. The van der Waals surface area contributed by atoms with Gasteiger partial charge in [-0.3, -0.25) is 19.5 Å². The molecule has 2 N–H and O–H groups in total. The predicted molar refractivity (Wildman–Crippen MR) is 143 cm³/mol. The molecule has 0 radical (unpaired) electrons. The number of amides is 2. The Kier molecular flexibility index (Phi) is 6.10. The Morgan fingerprint density at radius 2 is 1.95 bits per heavy atom. The molecular weight excluding hydrogens is 501 g/mol. The lowest BCUT2D eigenvalue weighted by molar-refractivity contribution is -0.137. The molecular formula is C28H24FN7O3. The number of hydrogen-bond acceptors (Lipinski definition) is 6. The van der Waals surface area contributed by atoms with Gasteiger partial charge < -0.3 is 14.8 Å². The van der Waals surface area contributed by atoms with Crippen LogP contribution < -0.4 is 5.32 Å². The van der Waals surface area contributed by atoms with Crippen molar-refractivity contribution in [1.82, 2.24) is 29.9 Å². The van der Waals surface area contributed by atoms with Crippen LogP contribution in [0.4, 0.5) is 10.1 Å². The molecule has 39 heavy (non-hydrogen) atoms. The summed E-state index contributed by atoms with van der Waals surface area (Å²) in [4.78, 5) is 40.3. The van der Waals surface area contributed by atoms with E-state index in [-0.39, 0.29) is 25.3 Å². The van der Waals surface area contributed by atoms with Crippen molar-refractivity contribution in [2.24, 2.45) is 0 Å². The summed E-state index contributed by atoms with van der Waals surface area (Å²) in [6, 6.07) is 11.7. The monoisotopic (exact) mass is 525 g/mol. The molecule has 1 saturated heterocycles. The molecule has 11 heteroatoms. The zero-order chi connectivity index (χ0) is 27.1. The maximum Gasteiger partial charge on any atom is 0.247 e. The van der Waals surface area contributed by atoms with E-state index in [9.17, 15) is 18.8 Å².